The fourth-order valence-corrected chi connectivity index (χ4v) is 7.72. The van der Waals surface area contributed by atoms with Crippen LogP contribution in [0.1, 0.15) is 11.4 Å². The van der Waals surface area contributed by atoms with Gasteiger partial charge >= 0.3 is 0 Å². The Hall–Kier alpha value is -4.86. The zero-order valence-corrected chi connectivity index (χ0v) is 37.9. The van der Waals surface area contributed by atoms with Crippen LogP contribution >= 0.6 is 23.5 Å². The van der Waals surface area contributed by atoms with Crippen molar-refractivity contribution in [3.63, 3.8) is 0 Å². The number of sulfonamides is 1. The molecule has 0 unspecified atom stereocenters. The number of aryl methyl sites for hydroxylation is 2. The van der Waals surface area contributed by atoms with Crippen LogP contribution in [0.3, 0.4) is 0 Å². The van der Waals surface area contributed by atoms with Crippen molar-refractivity contribution >= 4 is 101 Å². The molecule has 8 rings (SSSR count). The average molecular weight is 979 g/mol. The minimum atomic E-state index is -3.31. The summed E-state index contributed by atoms with van der Waals surface area (Å²) in [6.07, 6.45) is 1.12. The van der Waals surface area contributed by atoms with E-state index in [1.54, 1.807) is 24.3 Å². The maximum atomic E-state index is 11.3. The van der Waals surface area contributed by atoms with Crippen LogP contribution in [0.15, 0.2) is 129 Å². The molecule has 58 heavy (non-hydrogen) atoms. The zero-order chi connectivity index (χ0) is 39.9. The van der Waals surface area contributed by atoms with Crippen molar-refractivity contribution in [2.45, 2.75) is 34.0 Å². The van der Waals surface area contributed by atoms with Crippen molar-refractivity contribution in [2.24, 2.45) is 0 Å². The maximum Gasteiger partial charge on any atom is 0.229 e. The molecule has 4 aromatic carbocycles. The molecule has 0 saturated carbocycles. The Labute approximate surface area is 376 Å². The summed E-state index contributed by atoms with van der Waals surface area (Å²) in [5.74, 6) is 2.69. The number of hydrogen-bond acceptors (Lipinski definition) is 15. The quantitative estimate of drug-likeness (QED) is 0.0503. The van der Waals surface area contributed by atoms with Gasteiger partial charge in [-0.2, -0.15) is 10.2 Å². The monoisotopic (exact) mass is 978 g/mol. The smallest absolute Gasteiger partial charge is 0.229 e. The molecule has 0 atom stereocenters. The Balaban J connectivity index is 0.000000192. The molecule has 0 fully saturated rings. The van der Waals surface area contributed by atoms with E-state index in [9.17, 15) is 16.8 Å². The number of H-pyrrole nitrogens is 2. The minimum Gasteiger partial charge on any atom is -0.420 e. The largest absolute Gasteiger partial charge is 0.420 e. The van der Waals surface area contributed by atoms with Gasteiger partial charge in [-0.1, -0.05) is 24.3 Å². The number of aromatic amines is 2. The predicted molar refractivity (Wildman–Crippen MR) is 224 cm³/mol. The number of hydrogen-bond donors (Lipinski definition) is 6. The molecule has 1 radical (unpaired) electrons. The normalized spacial score (nSPS) is 11.1. The third-order valence-electron chi connectivity index (χ3n) is 7.70. The van der Waals surface area contributed by atoms with E-state index in [-0.39, 0.29) is 41.3 Å². The van der Waals surface area contributed by atoms with Gasteiger partial charge in [0.1, 0.15) is 11.6 Å². The van der Waals surface area contributed by atoms with Crippen LogP contribution in [-0.2, 0) is 29.3 Å². The van der Waals surface area contributed by atoms with Gasteiger partial charge in [0.25, 0.3) is 0 Å². The Morgan fingerprint density at radius 2 is 1.03 bits per heavy atom. The zero-order valence-electron chi connectivity index (χ0n) is 30.9. The predicted octanol–water partition coefficient (Wildman–Crippen LogP) is 8.12. The van der Waals surface area contributed by atoms with Crippen LogP contribution in [0.25, 0.3) is 21.8 Å². The summed E-state index contributed by atoms with van der Waals surface area (Å²) in [4.78, 5) is 20.3. The first-order valence-electron chi connectivity index (χ1n) is 16.9. The summed E-state index contributed by atoms with van der Waals surface area (Å²) in [6, 6.07) is 33.3. The van der Waals surface area contributed by atoms with E-state index in [0.29, 0.717) is 45.0 Å². The number of nitrogens with zero attached hydrogens (tertiary/aromatic N) is 6. The van der Waals surface area contributed by atoms with Crippen LogP contribution in [-0.4, -0.2) is 55.0 Å². The summed E-state index contributed by atoms with van der Waals surface area (Å²) in [5, 5.41) is 23.6. The van der Waals surface area contributed by atoms with E-state index in [1.165, 1.54) is 23.5 Å². The van der Waals surface area contributed by atoms with Crippen LogP contribution in [0.4, 0.5) is 34.6 Å². The molecule has 4 heterocycles. The van der Waals surface area contributed by atoms with Gasteiger partial charge in [-0.25, -0.2) is 28.4 Å². The van der Waals surface area contributed by atoms with E-state index in [0.717, 1.165) is 49.2 Å². The fourth-order valence-electron chi connectivity index (χ4n) is 5.30. The Bertz CT molecular complexity index is 2870. The van der Waals surface area contributed by atoms with Gasteiger partial charge in [0, 0.05) is 108 Å². The summed E-state index contributed by atoms with van der Waals surface area (Å²) in [7, 11) is -5.65. The van der Waals surface area contributed by atoms with Crippen molar-refractivity contribution in [2.75, 3.05) is 26.3 Å². The standard InChI is InChI=1S/C19H18N6O2S2.C18H15N6O2S2.Pr/c1-12-11-17(24-23-12)21-18-15-5-3-4-6-16(15)20-19(22-18)28-14-9-7-13(8-10-14)25-29(2,26)27;1-11-10-16(23-22-11)20-17-14-4-2-3-5-15(14)19-18(21-17)27-13-8-6-12(7-9-13)24-28(25)26;/h3-11,25H,1-2H3,(H2,20,21,22,23,24);2-10H,1H3,(H,24,25,26)(H2,19,20,21,22,23);/q;-1;. The van der Waals surface area contributed by atoms with Gasteiger partial charge in [-0.15, -0.1) is 0 Å². The molecule has 21 heteroatoms. The SMILES string of the molecule is Cc1cc(Nc2nc(Sc3ccc(NS(C)(=O)=O)cc3)nc3ccccc23)n[nH]1.Cc1cc(Nc2nc(Sc3ccc(N[S-](=O)=O)cc3)nc3ccccc23)n[nH]1.[Pr]. The molecule has 6 N–H and O–H groups in total. The van der Waals surface area contributed by atoms with Crippen molar-refractivity contribution < 1.29 is 58.1 Å². The van der Waals surface area contributed by atoms with Crippen molar-refractivity contribution in [1.29, 1.82) is 0 Å². The average Bonchev–Trinajstić information content (AvgIpc) is 3.79. The van der Waals surface area contributed by atoms with Gasteiger partial charge < -0.3 is 23.8 Å². The summed E-state index contributed by atoms with van der Waals surface area (Å²) >= 11 is 2.78. The molecule has 8 aromatic rings. The molecular formula is C37H33N12O4PrS4-. The number of aromatic nitrogens is 8. The van der Waals surface area contributed by atoms with Gasteiger partial charge in [0.05, 0.1) is 17.3 Å². The molecule has 0 saturated heterocycles. The van der Waals surface area contributed by atoms with E-state index in [4.69, 9.17) is 0 Å². The number of para-hydroxylation sites is 2. The van der Waals surface area contributed by atoms with E-state index in [1.807, 2.05) is 98.8 Å². The Kier molecular flexibility index (Phi) is 14.2. The van der Waals surface area contributed by atoms with E-state index < -0.39 is 20.9 Å². The fraction of sp³-hybridized carbons (Fsp3) is 0.0811. The minimum absolute atomic E-state index is 0. The maximum absolute atomic E-state index is 11.3. The third-order valence-corrected chi connectivity index (χ3v) is 10.5. The van der Waals surface area contributed by atoms with Crippen LogP contribution in [0.2, 0.25) is 0 Å². The third kappa shape index (κ3) is 11.9. The number of fused-ring (bicyclic) bond motifs is 2. The molecule has 4 aromatic heterocycles. The van der Waals surface area contributed by atoms with Crippen LogP contribution in [0, 0.1) is 55.1 Å². The van der Waals surface area contributed by atoms with Crippen molar-refractivity contribution in [3.8, 4) is 0 Å². The van der Waals surface area contributed by atoms with Gasteiger partial charge in [0.15, 0.2) is 21.9 Å². The molecule has 0 aliphatic rings. The molecule has 0 aliphatic heterocycles. The topological polar surface area (TPSA) is 225 Å². The van der Waals surface area contributed by atoms with Crippen molar-refractivity contribution in [1.82, 2.24) is 40.3 Å². The first-order valence-corrected chi connectivity index (χ1v) is 21.5. The van der Waals surface area contributed by atoms with E-state index in [2.05, 4.69) is 60.4 Å². The van der Waals surface area contributed by atoms with Gasteiger partial charge in [-0.3, -0.25) is 14.9 Å². The molecular weight excluding hydrogens is 946 g/mol. The van der Waals surface area contributed by atoms with Gasteiger partial charge in [-0.05, 0) is 110 Å². The Morgan fingerprint density at radius 1 is 0.603 bits per heavy atom. The Morgan fingerprint density at radius 3 is 1.43 bits per heavy atom. The summed E-state index contributed by atoms with van der Waals surface area (Å²) < 4.78 is 48.9. The van der Waals surface area contributed by atoms with Crippen molar-refractivity contribution in [3.05, 3.63) is 121 Å². The number of benzene rings is 4. The van der Waals surface area contributed by atoms with Crippen LogP contribution < -0.4 is 20.1 Å². The number of nitrogens with one attached hydrogen (secondary N) is 6. The first kappa shape index (κ1) is 42.7. The van der Waals surface area contributed by atoms with Crippen LogP contribution in [0.5, 0.6) is 0 Å². The molecule has 0 bridgehead atoms. The second-order valence-electron chi connectivity index (χ2n) is 12.3. The summed E-state index contributed by atoms with van der Waals surface area (Å²) in [5.41, 5.74) is 4.53. The summed E-state index contributed by atoms with van der Waals surface area (Å²) in [6.45, 7) is 3.86. The number of anilines is 6. The molecule has 0 aliphatic carbocycles. The van der Waals surface area contributed by atoms with Gasteiger partial charge in [0.2, 0.25) is 10.0 Å². The second kappa shape index (κ2) is 19.3. The second-order valence-corrected chi connectivity index (χ2v) is 16.8. The first-order chi connectivity index (χ1) is 27.4. The molecule has 0 spiro atoms. The van der Waals surface area contributed by atoms with E-state index >= 15 is 0 Å². The molecule has 0 amide bonds. The number of rotatable bonds is 12. The molecule has 293 valence electrons. The molecule has 16 nitrogen and oxygen atoms in total.